The third-order valence-corrected chi connectivity index (χ3v) is 3.84. The third kappa shape index (κ3) is 7.24. The summed E-state index contributed by atoms with van der Waals surface area (Å²) >= 11 is 0. The normalized spacial score (nSPS) is 11.5. The molecule has 0 radical (unpaired) electrons. The fraction of sp³-hybridized carbons (Fsp3) is 0.217. The molecule has 164 valence electrons. The van der Waals surface area contributed by atoms with Gasteiger partial charge in [0.1, 0.15) is 23.9 Å². The second-order valence-corrected chi connectivity index (χ2v) is 5.71. The maximum absolute atomic E-state index is 14.7. The second-order valence-electron chi connectivity index (χ2n) is 5.71. The van der Waals surface area contributed by atoms with Crippen molar-refractivity contribution in [1.29, 1.82) is 5.26 Å². The zero-order valence-electron chi connectivity index (χ0n) is 17.6. The summed E-state index contributed by atoms with van der Waals surface area (Å²) in [5.74, 6) is 0.626. The second kappa shape index (κ2) is 13.5. The van der Waals surface area contributed by atoms with E-state index in [0.29, 0.717) is 17.2 Å². The van der Waals surface area contributed by atoms with Crippen molar-refractivity contribution in [2.24, 2.45) is 5.10 Å². The highest BCUT2D eigenvalue weighted by Crippen LogP contribution is 2.26. The van der Waals surface area contributed by atoms with E-state index in [1.54, 1.807) is 61.0 Å². The van der Waals surface area contributed by atoms with Crippen molar-refractivity contribution in [2.45, 2.75) is 20.5 Å². The molecule has 8 heteroatoms. The van der Waals surface area contributed by atoms with Gasteiger partial charge in [-0.25, -0.2) is 9.40 Å². The van der Waals surface area contributed by atoms with Crippen molar-refractivity contribution in [3.63, 3.8) is 0 Å². The van der Waals surface area contributed by atoms with Crippen molar-refractivity contribution in [1.82, 2.24) is 0 Å². The quantitative estimate of drug-likeness (QED) is 0.558. The topological polar surface area (TPSA) is 67.1 Å². The van der Waals surface area contributed by atoms with Crippen LogP contribution in [-0.4, -0.2) is 20.1 Å². The summed E-state index contributed by atoms with van der Waals surface area (Å²) in [6.07, 6.45) is 8.60. The summed E-state index contributed by atoms with van der Waals surface area (Å²) in [6.45, 7) is 4.07. The minimum atomic E-state index is -0.532. The molecule has 0 atom stereocenters. The van der Waals surface area contributed by atoms with E-state index in [1.807, 2.05) is 19.9 Å². The lowest BCUT2D eigenvalue weighted by Gasteiger charge is -2.16. The highest BCUT2D eigenvalue weighted by atomic mass is 19.1. The number of hydrogen-bond acceptors (Lipinski definition) is 6. The number of halogens is 2. The largest absolute Gasteiger partial charge is 0.489 e. The Hall–Kier alpha value is -3.70. The minimum absolute atomic E-state index is 0. The highest BCUT2D eigenvalue weighted by Gasteiger charge is 2.15. The van der Waals surface area contributed by atoms with Crippen LogP contribution in [0.2, 0.25) is 0 Å². The Bertz CT molecular complexity index is 936. The summed E-state index contributed by atoms with van der Waals surface area (Å²) in [4.78, 5) is 0. The molecule has 0 saturated carbocycles. The molecule has 0 amide bonds. The average molecular weight is 429 g/mol. The highest BCUT2D eigenvalue weighted by molar-refractivity contribution is 5.74. The molecule has 0 N–H and O–H groups in total. The van der Waals surface area contributed by atoms with Gasteiger partial charge in [0, 0.05) is 31.2 Å². The molecule has 0 bridgehead atoms. The third-order valence-electron chi connectivity index (χ3n) is 3.84. The van der Waals surface area contributed by atoms with Gasteiger partial charge in [-0.3, -0.25) is 4.70 Å². The fourth-order valence-electron chi connectivity index (χ4n) is 2.46. The zero-order valence-corrected chi connectivity index (χ0v) is 17.6. The first-order valence-corrected chi connectivity index (χ1v) is 9.45. The van der Waals surface area contributed by atoms with Crippen molar-refractivity contribution < 1.29 is 23.3 Å². The molecule has 31 heavy (non-hydrogen) atoms. The van der Waals surface area contributed by atoms with Crippen LogP contribution < -0.4 is 14.5 Å². The number of allylic oxidation sites excluding steroid dienone is 3. The summed E-state index contributed by atoms with van der Waals surface area (Å²) in [5.41, 5.74) is 0.830. The number of ether oxygens (including phenoxy) is 3. The summed E-state index contributed by atoms with van der Waals surface area (Å²) in [7, 11) is 1.54. The molecule has 1 aliphatic rings. The van der Waals surface area contributed by atoms with Gasteiger partial charge in [0.05, 0.1) is 17.3 Å². The monoisotopic (exact) mass is 429 g/mol. The maximum atomic E-state index is 14.7. The number of rotatable bonds is 7. The first-order chi connectivity index (χ1) is 14.7. The van der Waals surface area contributed by atoms with Crippen molar-refractivity contribution >= 4 is 11.9 Å². The van der Waals surface area contributed by atoms with Gasteiger partial charge < -0.3 is 14.2 Å². The first kappa shape index (κ1) is 25.3. The van der Waals surface area contributed by atoms with Crippen molar-refractivity contribution in [2.75, 3.05) is 18.9 Å². The van der Waals surface area contributed by atoms with E-state index in [4.69, 9.17) is 14.2 Å². The van der Waals surface area contributed by atoms with E-state index in [2.05, 4.69) is 5.10 Å². The Morgan fingerprint density at radius 3 is 2.35 bits per heavy atom. The van der Waals surface area contributed by atoms with E-state index < -0.39 is 5.82 Å². The number of benzene rings is 2. The first-order valence-electron chi connectivity index (χ1n) is 9.45. The molecule has 0 aliphatic carbocycles. The van der Waals surface area contributed by atoms with Crippen molar-refractivity contribution in [3.8, 4) is 17.6 Å². The number of nitrogens with zero attached hydrogens (tertiary/aromatic N) is 3. The number of methoxy groups -OCH3 is 1. The van der Waals surface area contributed by atoms with Crippen LogP contribution in [0.3, 0.4) is 0 Å². The Morgan fingerprint density at radius 1 is 1.03 bits per heavy atom. The van der Waals surface area contributed by atoms with Gasteiger partial charge in [-0.2, -0.15) is 10.4 Å². The fourth-order valence-corrected chi connectivity index (χ4v) is 2.46. The number of hydrogen-bond donors (Lipinski definition) is 0. The van der Waals surface area contributed by atoms with Gasteiger partial charge in [-0.15, -0.1) is 0 Å². The van der Waals surface area contributed by atoms with E-state index in [0.717, 1.165) is 0 Å². The molecular weight excluding hydrogens is 404 g/mol. The Labute approximate surface area is 180 Å². The Morgan fingerprint density at radius 2 is 1.71 bits per heavy atom. The van der Waals surface area contributed by atoms with Crippen LogP contribution in [0, 0.1) is 17.1 Å². The molecule has 6 nitrogen and oxygen atoms in total. The van der Waals surface area contributed by atoms with Gasteiger partial charge in [0.25, 0.3) is 0 Å². The van der Waals surface area contributed by atoms with Crippen LogP contribution in [0.4, 0.5) is 14.8 Å². The molecule has 2 aromatic carbocycles. The van der Waals surface area contributed by atoms with Crippen LogP contribution in [0.25, 0.3) is 0 Å². The number of anilines is 1. The smallest absolute Gasteiger partial charge is 0.188 e. The molecule has 2 aromatic rings. The SMILES string of the molecule is CC.COCOc1ccc(OCc2c(F)cc(N3C=CC=CC=N3)cc2C#N)cc1.F. The predicted molar refractivity (Wildman–Crippen MR) is 117 cm³/mol. The Balaban J connectivity index is 0.00000156. The molecular formula is C23H25F2N3O3. The lowest BCUT2D eigenvalue weighted by molar-refractivity contribution is 0.0511. The molecule has 1 aliphatic heterocycles. The van der Waals surface area contributed by atoms with Crippen LogP contribution in [-0.2, 0) is 11.3 Å². The van der Waals surface area contributed by atoms with Gasteiger partial charge in [-0.1, -0.05) is 19.9 Å². The molecule has 0 unspecified atom stereocenters. The summed E-state index contributed by atoms with van der Waals surface area (Å²) in [5, 5.41) is 15.1. The van der Waals surface area contributed by atoms with Crippen LogP contribution in [0.5, 0.6) is 11.5 Å². The van der Waals surface area contributed by atoms with E-state index in [-0.39, 0.29) is 29.2 Å². The van der Waals surface area contributed by atoms with Gasteiger partial charge in [0.2, 0.25) is 0 Å². The molecule has 0 fully saturated rings. The lowest BCUT2D eigenvalue weighted by Crippen LogP contribution is -2.10. The molecule has 1 heterocycles. The number of nitriles is 1. The van der Waals surface area contributed by atoms with Crippen molar-refractivity contribution in [3.05, 3.63) is 77.8 Å². The zero-order chi connectivity index (χ0) is 21.8. The predicted octanol–water partition coefficient (Wildman–Crippen LogP) is 5.31. The van der Waals surface area contributed by atoms with Crippen LogP contribution >= 0.6 is 0 Å². The van der Waals surface area contributed by atoms with E-state index >= 15 is 0 Å². The molecule has 0 spiro atoms. The number of hydrazone groups is 1. The van der Waals surface area contributed by atoms with E-state index in [1.165, 1.54) is 18.2 Å². The Kier molecular flexibility index (Phi) is 11.0. The van der Waals surface area contributed by atoms with Gasteiger partial charge in [0.15, 0.2) is 6.79 Å². The van der Waals surface area contributed by atoms with Crippen LogP contribution in [0.15, 0.2) is 65.9 Å². The van der Waals surface area contributed by atoms with E-state index in [9.17, 15) is 9.65 Å². The molecule has 3 rings (SSSR count). The summed E-state index contributed by atoms with van der Waals surface area (Å²) in [6, 6.07) is 11.8. The van der Waals surface area contributed by atoms with Gasteiger partial charge in [-0.05, 0) is 42.5 Å². The molecule has 0 saturated heterocycles. The summed E-state index contributed by atoms with van der Waals surface area (Å²) < 4.78 is 30.4. The minimum Gasteiger partial charge on any atom is -0.489 e. The van der Waals surface area contributed by atoms with Crippen LogP contribution in [0.1, 0.15) is 25.0 Å². The lowest BCUT2D eigenvalue weighted by atomic mass is 10.1. The molecule has 0 aromatic heterocycles. The maximum Gasteiger partial charge on any atom is 0.188 e. The average Bonchev–Trinajstić information content (AvgIpc) is 3.08. The van der Waals surface area contributed by atoms with Gasteiger partial charge >= 0.3 is 0 Å². The standard InChI is InChI=1S/C21H18FN3O3.C2H6.FH/c1-26-15-28-19-7-5-18(6-8-19)27-14-20-16(13-23)11-17(12-21(20)22)25-10-4-2-3-9-24-25;1-2;/h2-12H,14-15H2,1H3;1-2H3;1H.